The van der Waals surface area contributed by atoms with Crippen molar-refractivity contribution in [2.24, 2.45) is 0 Å². The van der Waals surface area contributed by atoms with Crippen LogP contribution in [0.15, 0.2) is 244 Å². The fourth-order valence-electron chi connectivity index (χ4n) is 11.6. The van der Waals surface area contributed by atoms with Crippen molar-refractivity contribution in [3.63, 3.8) is 0 Å². The molecule has 2 nitrogen and oxygen atoms in total. The summed E-state index contributed by atoms with van der Waals surface area (Å²) in [5.74, 6) is 1.85. The monoisotopic (exact) mass is 1070 g/mol. The van der Waals surface area contributed by atoms with Gasteiger partial charge in [0.2, 0.25) is 0 Å². The summed E-state index contributed by atoms with van der Waals surface area (Å²) < 4.78 is 13.3. The van der Waals surface area contributed by atoms with Gasteiger partial charge in [0, 0.05) is 11.1 Å². The van der Waals surface area contributed by atoms with Crippen molar-refractivity contribution in [2.45, 2.75) is 116 Å². The topological polar surface area (TPSA) is 18.5 Å². The standard InChI is InChI=1S/C74H86O2P2/c1-3-39-63-53-55-73(75-57-35-13-9-5-7-11-15-37-59-77(65-41-23-17-24-42-65,66-43-25-18-26-44-66)67-45-27-19-28-46-67)71(61-63)72-62-64(40-4-2)54-56-74(72)76-58-36-14-10-6-8-12-16-38-60-78(68-47-29-20-30-48-68,69-49-31-21-32-50-69)70-51-33-22-34-52-70/h3-4,17-34,41-56,61-62H,1-2,5-16,35-40,57-60H2/q+2. The van der Waals surface area contributed by atoms with Crippen molar-refractivity contribution >= 4 is 46.4 Å². The van der Waals surface area contributed by atoms with Crippen LogP contribution in [0.2, 0.25) is 0 Å². The van der Waals surface area contributed by atoms with Crippen molar-refractivity contribution in [1.82, 2.24) is 0 Å². The molecule has 0 aliphatic rings. The third-order valence-electron chi connectivity index (χ3n) is 15.6. The molecule has 0 saturated carbocycles. The summed E-state index contributed by atoms with van der Waals surface area (Å²) in [5.41, 5.74) is 4.66. The summed E-state index contributed by atoms with van der Waals surface area (Å²) >= 11 is 0. The van der Waals surface area contributed by atoms with Gasteiger partial charge in [-0.3, -0.25) is 0 Å². The molecule has 0 fully saturated rings. The highest BCUT2D eigenvalue weighted by Gasteiger charge is 2.45. The first-order valence-electron chi connectivity index (χ1n) is 29.5. The van der Waals surface area contributed by atoms with E-state index in [1.54, 1.807) is 0 Å². The van der Waals surface area contributed by atoms with Gasteiger partial charge in [0.15, 0.2) is 0 Å². The lowest BCUT2D eigenvalue weighted by Gasteiger charge is -2.27. The van der Waals surface area contributed by atoms with E-state index in [0.29, 0.717) is 13.2 Å². The van der Waals surface area contributed by atoms with Crippen LogP contribution in [-0.4, -0.2) is 25.5 Å². The highest BCUT2D eigenvalue weighted by atomic mass is 31.2. The van der Waals surface area contributed by atoms with Crippen LogP contribution >= 0.6 is 14.5 Å². The minimum absolute atomic E-state index is 0.706. The molecule has 0 atom stereocenters. The Labute approximate surface area is 471 Å². The van der Waals surface area contributed by atoms with Crippen LogP contribution in [0.3, 0.4) is 0 Å². The molecule has 0 bridgehead atoms. The molecule has 0 aromatic heterocycles. The second kappa shape index (κ2) is 31.9. The third-order valence-corrected chi connectivity index (χ3v) is 24.7. The highest BCUT2D eigenvalue weighted by molar-refractivity contribution is 7.96. The minimum Gasteiger partial charge on any atom is -0.493 e. The summed E-state index contributed by atoms with van der Waals surface area (Å²) in [4.78, 5) is 0. The van der Waals surface area contributed by atoms with Crippen LogP contribution in [0.1, 0.15) is 114 Å². The Balaban J connectivity index is 0.776. The van der Waals surface area contributed by atoms with Crippen LogP contribution in [0.25, 0.3) is 11.1 Å². The first kappa shape index (κ1) is 57.9. The first-order chi connectivity index (χ1) is 38.7. The van der Waals surface area contributed by atoms with Gasteiger partial charge in [0.05, 0.1) is 25.5 Å². The zero-order chi connectivity index (χ0) is 53.8. The average molecular weight is 1070 g/mol. The minimum atomic E-state index is -1.76. The van der Waals surface area contributed by atoms with E-state index >= 15 is 0 Å². The molecule has 78 heavy (non-hydrogen) atoms. The zero-order valence-electron chi connectivity index (χ0n) is 46.6. The molecule has 0 N–H and O–H groups in total. The molecule has 402 valence electrons. The summed E-state index contributed by atoms with van der Waals surface area (Å²) in [7, 11) is -3.51. The normalized spacial score (nSPS) is 11.5. The number of unbranched alkanes of at least 4 members (excludes halogenated alkanes) is 14. The summed E-state index contributed by atoms with van der Waals surface area (Å²) in [6, 6.07) is 81.2. The molecule has 0 aliphatic carbocycles. The van der Waals surface area contributed by atoms with Crippen molar-refractivity contribution in [1.29, 1.82) is 0 Å². The molecule has 8 aromatic carbocycles. The van der Waals surface area contributed by atoms with Crippen molar-refractivity contribution in [2.75, 3.05) is 25.5 Å². The summed E-state index contributed by atoms with van der Waals surface area (Å²) in [6.45, 7) is 9.51. The second-order valence-electron chi connectivity index (χ2n) is 21.1. The van der Waals surface area contributed by atoms with E-state index in [4.69, 9.17) is 9.47 Å². The van der Waals surface area contributed by atoms with E-state index in [1.807, 2.05) is 12.2 Å². The van der Waals surface area contributed by atoms with E-state index in [0.717, 1.165) is 48.3 Å². The van der Waals surface area contributed by atoms with Crippen molar-refractivity contribution in [3.8, 4) is 22.6 Å². The average Bonchev–Trinajstić information content (AvgIpc) is 3.62. The fraction of sp³-hybridized carbons (Fsp3) is 0.297. The molecule has 0 heterocycles. The van der Waals surface area contributed by atoms with Gasteiger partial charge in [-0.2, -0.15) is 0 Å². The maximum atomic E-state index is 6.67. The van der Waals surface area contributed by atoms with E-state index < -0.39 is 14.5 Å². The molecule has 8 rings (SSSR count). The van der Waals surface area contributed by atoms with Gasteiger partial charge in [-0.05, 0) is 160 Å². The number of rotatable bonds is 35. The zero-order valence-corrected chi connectivity index (χ0v) is 48.4. The van der Waals surface area contributed by atoms with E-state index in [2.05, 4.69) is 232 Å². The molecule has 0 unspecified atom stereocenters. The van der Waals surface area contributed by atoms with Gasteiger partial charge in [-0.25, -0.2) is 0 Å². The Morgan fingerprint density at radius 2 is 0.526 bits per heavy atom. The highest BCUT2D eigenvalue weighted by Crippen LogP contribution is 2.57. The largest absolute Gasteiger partial charge is 0.493 e. The van der Waals surface area contributed by atoms with Gasteiger partial charge < -0.3 is 9.47 Å². The van der Waals surface area contributed by atoms with Crippen molar-refractivity contribution < 1.29 is 9.47 Å². The van der Waals surface area contributed by atoms with Gasteiger partial charge in [0.1, 0.15) is 57.9 Å². The quantitative estimate of drug-likeness (QED) is 0.0224. The SMILES string of the molecule is C=CCc1ccc(OCCCCCCCCCC[P+](c2ccccc2)(c2ccccc2)c2ccccc2)c(-c2cc(CC=C)ccc2OCCCCCCCCCC[P+](c2ccccc2)(c2ccccc2)c2ccccc2)c1. The maximum absolute atomic E-state index is 6.67. The fourth-order valence-corrected chi connectivity index (χ4v) is 20.4. The van der Waals surface area contributed by atoms with Crippen LogP contribution < -0.4 is 41.3 Å². The van der Waals surface area contributed by atoms with Crippen molar-refractivity contribution in [3.05, 3.63) is 255 Å². The van der Waals surface area contributed by atoms with Gasteiger partial charge in [-0.1, -0.05) is 198 Å². The van der Waals surface area contributed by atoms with Gasteiger partial charge in [0.25, 0.3) is 0 Å². The molecule has 0 radical (unpaired) electrons. The molecule has 4 heteroatoms. The van der Waals surface area contributed by atoms with Gasteiger partial charge in [-0.15, -0.1) is 13.2 Å². The molecular formula is C74H86O2P2+2. The van der Waals surface area contributed by atoms with Gasteiger partial charge >= 0.3 is 0 Å². The third kappa shape index (κ3) is 15.9. The lowest BCUT2D eigenvalue weighted by molar-refractivity contribution is 0.301. The number of ether oxygens (including phenoxy) is 2. The molecule has 0 spiro atoms. The van der Waals surface area contributed by atoms with E-state index in [1.165, 1.54) is 145 Å². The number of benzene rings is 8. The first-order valence-corrected chi connectivity index (χ1v) is 33.4. The molecule has 8 aromatic rings. The van der Waals surface area contributed by atoms with E-state index in [9.17, 15) is 0 Å². The Morgan fingerprint density at radius 1 is 0.282 bits per heavy atom. The van der Waals surface area contributed by atoms with Crippen LogP contribution in [0, 0.1) is 0 Å². The van der Waals surface area contributed by atoms with Crippen LogP contribution in [0.5, 0.6) is 11.5 Å². The number of hydrogen-bond acceptors (Lipinski definition) is 2. The Morgan fingerprint density at radius 3 is 0.782 bits per heavy atom. The second-order valence-corrected chi connectivity index (χ2v) is 28.3. The number of allylic oxidation sites excluding steroid dienone is 2. The van der Waals surface area contributed by atoms with Crippen LogP contribution in [0.4, 0.5) is 0 Å². The molecule has 0 amide bonds. The lowest BCUT2D eigenvalue weighted by atomic mass is 9.97. The molecule has 0 aliphatic heterocycles. The Kier molecular flexibility index (Phi) is 23.7. The molecule has 0 saturated heterocycles. The summed E-state index contributed by atoms with van der Waals surface area (Å²) in [6.07, 6.45) is 27.6. The summed E-state index contributed by atoms with van der Waals surface area (Å²) in [5, 5.41) is 8.92. The lowest BCUT2D eigenvalue weighted by Crippen LogP contribution is -2.33. The molecular weight excluding hydrogens is 983 g/mol. The maximum Gasteiger partial charge on any atom is 0.127 e. The Bertz CT molecular complexity index is 2540. The van der Waals surface area contributed by atoms with E-state index in [-0.39, 0.29) is 0 Å². The van der Waals surface area contributed by atoms with Crippen LogP contribution in [-0.2, 0) is 12.8 Å². The predicted molar refractivity (Wildman–Crippen MR) is 345 cm³/mol. The Hall–Kier alpha value is -6.30. The smallest absolute Gasteiger partial charge is 0.127 e. The predicted octanol–water partition coefficient (Wildman–Crippen LogP) is 17.8. The number of hydrogen-bond donors (Lipinski definition) is 0.